The molecule has 1 saturated carbocycles. The summed E-state index contributed by atoms with van der Waals surface area (Å²) >= 11 is 0. The van der Waals surface area contributed by atoms with Gasteiger partial charge in [0.15, 0.2) is 0 Å². The first-order valence-corrected chi connectivity index (χ1v) is 6.59. The Balaban J connectivity index is 1.86. The molecule has 92 valence electrons. The van der Waals surface area contributed by atoms with Crippen LogP contribution in [0.15, 0.2) is 24.3 Å². The Kier molecular flexibility index (Phi) is 4.18. The summed E-state index contributed by atoms with van der Waals surface area (Å²) < 4.78 is 0. The van der Waals surface area contributed by atoms with Crippen molar-refractivity contribution in [2.24, 2.45) is 0 Å². The monoisotopic (exact) mass is 231 g/mol. The van der Waals surface area contributed by atoms with Gasteiger partial charge in [-0.15, -0.1) is 0 Å². The highest BCUT2D eigenvalue weighted by molar-refractivity contribution is 5.79. The minimum absolute atomic E-state index is 0.172. The first kappa shape index (κ1) is 12.2. The summed E-state index contributed by atoms with van der Waals surface area (Å²) in [6.07, 6.45) is 6.66. The second-order valence-electron chi connectivity index (χ2n) is 5.01. The molecule has 0 aromatic heterocycles. The molecule has 0 unspecified atom stereocenters. The van der Waals surface area contributed by atoms with E-state index in [0.29, 0.717) is 12.5 Å². The van der Waals surface area contributed by atoms with E-state index in [1.807, 2.05) is 18.2 Å². The third-order valence-electron chi connectivity index (χ3n) is 3.58. The van der Waals surface area contributed by atoms with Crippen LogP contribution in [0.25, 0.3) is 0 Å². The first-order valence-electron chi connectivity index (χ1n) is 6.59. The van der Waals surface area contributed by atoms with Gasteiger partial charge in [-0.3, -0.25) is 4.79 Å². The molecular weight excluding hydrogens is 210 g/mol. The highest BCUT2D eigenvalue weighted by atomic mass is 16.1. The van der Waals surface area contributed by atoms with Crippen molar-refractivity contribution in [3.05, 3.63) is 35.4 Å². The summed E-state index contributed by atoms with van der Waals surface area (Å²) in [7, 11) is 0. The predicted molar refractivity (Wildman–Crippen MR) is 69.9 cm³/mol. The number of hydrogen-bond donors (Lipinski definition) is 1. The molecule has 0 spiro atoms. The average molecular weight is 231 g/mol. The van der Waals surface area contributed by atoms with Crippen LogP contribution in [0.2, 0.25) is 0 Å². The molecule has 1 aromatic rings. The maximum atomic E-state index is 11.9. The summed E-state index contributed by atoms with van der Waals surface area (Å²) in [4.78, 5) is 11.9. The molecule has 1 aromatic carbocycles. The van der Waals surface area contributed by atoms with Gasteiger partial charge in [-0.05, 0) is 30.9 Å². The molecule has 0 saturated heterocycles. The van der Waals surface area contributed by atoms with E-state index in [0.717, 1.165) is 18.4 Å². The van der Waals surface area contributed by atoms with Crippen molar-refractivity contribution in [2.45, 2.75) is 51.5 Å². The number of aryl methyl sites for hydroxylation is 1. The van der Waals surface area contributed by atoms with Crippen LogP contribution in [0.4, 0.5) is 0 Å². The number of rotatable bonds is 3. The Labute approximate surface area is 103 Å². The van der Waals surface area contributed by atoms with Crippen molar-refractivity contribution in [1.82, 2.24) is 5.32 Å². The molecule has 0 atom stereocenters. The van der Waals surface area contributed by atoms with Gasteiger partial charge in [-0.2, -0.15) is 0 Å². The van der Waals surface area contributed by atoms with E-state index in [4.69, 9.17) is 0 Å². The summed E-state index contributed by atoms with van der Waals surface area (Å²) in [6.45, 7) is 2.06. The van der Waals surface area contributed by atoms with E-state index in [2.05, 4.69) is 18.3 Å². The summed E-state index contributed by atoms with van der Waals surface area (Å²) in [6, 6.07) is 8.52. The van der Waals surface area contributed by atoms with E-state index in [1.54, 1.807) is 0 Å². The number of nitrogens with one attached hydrogen (secondary N) is 1. The van der Waals surface area contributed by atoms with E-state index in [-0.39, 0.29) is 5.91 Å². The molecular formula is C15H21NO. The van der Waals surface area contributed by atoms with Gasteiger partial charge < -0.3 is 5.32 Å². The number of hydrogen-bond acceptors (Lipinski definition) is 1. The minimum Gasteiger partial charge on any atom is -0.353 e. The van der Waals surface area contributed by atoms with Gasteiger partial charge in [0.05, 0.1) is 6.42 Å². The van der Waals surface area contributed by atoms with Crippen molar-refractivity contribution in [2.75, 3.05) is 0 Å². The van der Waals surface area contributed by atoms with Crippen LogP contribution in [0, 0.1) is 6.92 Å². The van der Waals surface area contributed by atoms with Crippen LogP contribution in [0.5, 0.6) is 0 Å². The molecule has 2 rings (SSSR count). The lowest BCUT2D eigenvalue weighted by Crippen LogP contribution is -2.37. The number of carbonyl (C=O) groups excluding carboxylic acids is 1. The van der Waals surface area contributed by atoms with Crippen molar-refractivity contribution in [3.63, 3.8) is 0 Å². The normalized spacial score (nSPS) is 16.8. The van der Waals surface area contributed by atoms with Crippen LogP contribution in [-0.4, -0.2) is 11.9 Å². The van der Waals surface area contributed by atoms with Crippen molar-refractivity contribution < 1.29 is 4.79 Å². The molecule has 0 bridgehead atoms. The fourth-order valence-electron chi connectivity index (χ4n) is 2.51. The van der Waals surface area contributed by atoms with E-state index >= 15 is 0 Å². The lowest BCUT2D eigenvalue weighted by atomic mass is 9.95. The molecule has 2 nitrogen and oxygen atoms in total. The van der Waals surface area contributed by atoms with Crippen LogP contribution in [0.3, 0.4) is 0 Å². The van der Waals surface area contributed by atoms with Crippen molar-refractivity contribution >= 4 is 5.91 Å². The molecule has 2 heteroatoms. The molecule has 1 fully saturated rings. The number of amides is 1. The van der Waals surface area contributed by atoms with Gasteiger partial charge in [0.25, 0.3) is 0 Å². The van der Waals surface area contributed by atoms with Gasteiger partial charge in [0.2, 0.25) is 5.91 Å². The standard InChI is InChI=1S/C15H21NO/c1-12-7-5-6-8-13(12)11-15(17)16-14-9-3-2-4-10-14/h5-8,14H,2-4,9-11H2,1H3,(H,16,17). The summed E-state index contributed by atoms with van der Waals surface area (Å²) in [5, 5.41) is 3.16. The van der Waals surface area contributed by atoms with Gasteiger partial charge in [0, 0.05) is 6.04 Å². The summed E-state index contributed by atoms with van der Waals surface area (Å²) in [5.41, 5.74) is 2.34. The Hall–Kier alpha value is -1.31. The zero-order valence-corrected chi connectivity index (χ0v) is 10.5. The summed E-state index contributed by atoms with van der Waals surface area (Å²) in [5.74, 6) is 0.172. The Morgan fingerprint density at radius 3 is 2.65 bits per heavy atom. The number of carbonyl (C=O) groups is 1. The predicted octanol–water partition coefficient (Wildman–Crippen LogP) is 2.99. The maximum Gasteiger partial charge on any atom is 0.224 e. The quantitative estimate of drug-likeness (QED) is 0.851. The largest absolute Gasteiger partial charge is 0.353 e. The lowest BCUT2D eigenvalue weighted by molar-refractivity contribution is -0.121. The molecule has 1 N–H and O–H groups in total. The van der Waals surface area contributed by atoms with Crippen LogP contribution < -0.4 is 5.32 Å². The van der Waals surface area contributed by atoms with E-state index in [9.17, 15) is 4.79 Å². The topological polar surface area (TPSA) is 29.1 Å². The van der Waals surface area contributed by atoms with Gasteiger partial charge in [-0.25, -0.2) is 0 Å². The minimum atomic E-state index is 0.172. The Morgan fingerprint density at radius 1 is 1.24 bits per heavy atom. The van der Waals surface area contributed by atoms with E-state index < -0.39 is 0 Å². The zero-order chi connectivity index (χ0) is 12.1. The molecule has 0 heterocycles. The zero-order valence-electron chi connectivity index (χ0n) is 10.5. The molecule has 0 radical (unpaired) electrons. The maximum absolute atomic E-state index is 11.9. The third kappa shape index (κ3) is 3.58. The number of benzene rings is 1. The SMILES string of the molecule is Cc1ccccc1CC(=O)NC1CCCCC1. The first-order chi connectivity index (χ1) is 8.25. The molecule has 1 aliphatic carbocycles. The van der Waals surface area contributed by atoms with Crippen molar-refractivity contribution in [1.29, 1.82) is 0 Å². The average Bonchev–Trinajstić information content (AvgIpc) is 2.33. The van der Waals surface area contributed by atoms with Crippen LogP contribution >= 0.6 is 0 Å². The van der Waals surface area contributed by atoms with Crippen LogP contribution in [0.1, 0.15) is 43.2 Å². The van der Waals surface area contributed by atoms with Gasteiger partial charge in [0.1, 0.15) is 0 Å². The lowest BCUT2D eigenvalue weighted by Gasteiger charge is -2.22. The fourth-order valence-corrected chi connectivity index (χ4v) is 2.51. The smallest absolute Gasteiger partial charge is 0.224 e. The van der Waals surface area contributed by atoms with Crippen LogP contribution in [-0.2, 0) is 11.2 Å². The van der Waals surface area contributed by atoms with Gasteiger partial charge in [-0.1, -0.05) is 43.5 Å². The fraction of sp³-hybridized carbons (Fsp3) is 0.533. The van der Waals surface area contributed by atoms with Gasteiger partial charge >= 0.3 is 0 Å². The van der Waals surface area contributed by atoms with Crippen molar-refractivity contribution in [3.8, 4) is 0 Å². The molecule has 1 amide bonds. The Bertz CT molecular complexity index is 380. The highest BCUT2D eigenvalue weighted by Crippen LogP contribution is 2.17. The molecule has 17 heavy (non-hydrogen) atoms. The molecule has 1 aliphatic rings. The second kappa shape index (κ2) is 5.85. The second-order valence-corrected chi connectivity index (χ2v) is 5.01. The highest BCUT2D eigenvalue weighted by Gasteiger charge is 2.15. The van der Waals surface area contributed by atoms with E-state index in [1.165, 1.54) is 24.8 Å². The Morgan fingerprint density at radius 2 is 1.94 bits per heavy atom. The third-order valence-corrected chi connectivity index (χ3v) is 3.58. The molecule has 0 aliphatic heterocycles.